The molecule has 0 spiro atoms. The summed E-state index contributed by atoms with van der Waals surface area (Å²) < 4.78 is 2.49. The van der Waals surface area contributed by atoms with Crippen molar-refractivity contribution >= 4 is 73.7 Å². The van der Waals surface area contributed by atoms with Gasteiger partial charge in [0, 0.05) is 48.8 Å². The molecular weight excluding hydrogens is 852 g/mol. The van der Waals surface area contributed by atoms with Crippen molar-refractivity contribution < 1.29 is 0 Å². The average molecular weight is 909 g/mol. The van der Waals surface area contributed by atoms with Gasteiger partial charge in [-0.1, -0.05) is 216 Å². The molecule has 4 heteroatoms. The molecule has 0 aliphatic carbocycles. The average Bonchev–Trinajstić information content (AvgIpc) is 3.73. The van der Waals surface area contributed by atoms with E-state index in [4.69, 9.17) is 0 Å². The number of unbranched alkanes of at least 4 members (excludes halogenated alkanes) is 4. The van der Waals surface area contributed by atoms with Crippen LogP contribution in [0.4, 0.5) is 17.1 Å². The molecule has 0 bridgehead atoms. The molecule has 10 aromatic rings. The molecule has 0 saturated carbocycles. The van der Waals surface area contributed by atoms with Crippen molar-refractivity contribution in [2.75, 3.05) is 4.90 Å². The minimum atomic E-state index is -0.0894. The summed E-state index contributed by atoms with van der Waals surface area (Å²) in [5.41, 5.74) is 21.5. The van der Waals surface area contributed by atoms with Gasteiger partial charge >= 0.3 is 0 Å². The predicted molar refractivity (Wildman–Crippen MR) is 298 cm³/mol. The van der Waals surface area contributed by atoms with E-state index in [1.54, 1.807) is 0 Å². The zero-order valence-electron chi connectivity index (χ0n) is 40.2. The number of aryl methyl sites for hydroxylation is 1. The fourth-order valence-corrected chi connectivity index (χ4v) is 12.5. The first-order chi connectivity index (χ1) is 33.8. The number of hydrogen-bond donors (Lipinski definition) is 0. The normalized spacial score (nSPS) is 12.9. The Morgan fingerprint density at radius 3 is 1.70 bits per heavy atom. The minimum absolute atomic E-state index is 0.0289. The van der Waals surface area contributed by atoms with E-state index in [1.165, 1.54) is 142 Å². The van der Waals surface area contributed by atoms with E-state index in [2.05, 4.69) is 237 Å². The Kier molecular flexibility index (Phi) is 11.2. The van der Waals surface area contributed by atoms with Gasteiger partial charge in [-0.05, 0) is 117 Å². The van der Waals surface area contributed by atoms with E-state index in [-0.39, 0.29) is 12.1 Å². The maximum Gasteiger partial charge on any atom is 0.249 e. The van der Waals surface area contributed by atoms with Crippen LogP contribution in [-0.2, 0) is 11.8 Å². The highest BCUT2D eigenvalue weighted by atomic mass is 32.2. The van der Waals surface area contributed by atoms with E-state index in [0.717, 1.165) is 12.1 Å². The van der Waals surface area contributed by atoms with Gasteiger partial charge in [-0.2, -0.15) is 0 Å². The van der Waals surface area contributed by atoms with Gasteiger partial charge in [0.05, 0.1) is 16.7 Å². The number of para-hydroxylation sites is 2. The number of nitrogens with zero attached hydrogens (tertiary/aromatic N) is 2. The maximum atomic E-state index is 2.71. The number of benzene rings is 9. The van der Waals surface area contributed by atoms with Crippen molar-refractivity contribution in [1.82, 2.24) is 4.57 Å². The molecule has 0 saturated heterocycles. The Labute approximate surface area is 412 Å². The molecule has 2 aliphatic heterocycles. The van der Waals surface area contributed by atoms with Crippen LogP contribution in [0, 0.1) is 0 Å². The monoisotopic (exact) mass is 908 g/mol. The molecule has 0 radical (unpaired) electrons. The quantitative estimate of drug-likeness (QED) is 0.0944. The summed E-state index contributed by atoms with van der Waals surface area (Å²) in [6.45, 7) is 9.39. The Bertz CT molecular complexity index is 3420. The Morgan fingerprint density at radius 2 is 1.07 bits per heavy atom. The molecule has 0 amide bonds. The highest BCUT2D eigenvalue weighted by Crippen LogP contribution is 2.51. The van der Waals surface area contributed by atoms with Crippen molar-refractivity contribution in [1.29, 1.82) is 0 Å². The molecule has 69 heavy (non-hydrogen) atoms. The maximum absolute atomic E-state index is 2.71. The standard InChI is InChI=1S/C65H57BN2S/c1-5-6-7-8-12-23-44-38-60-63-62(39-44)69-61-37-34-48(45-24-13-9-14-25-45)40-56(61)66(63)55-36-35-50(67-57-32-21-19-30-51(57)52-31-20-22-33-58(52)67)43-59(55)68(60)64-53(46-26-15-10-16-27-46)41-49(65(2,3)4)42-54(64)47-28-17-11-18-29-47/h9-11,13-22,24-43H,5-8,12,23H2,1-4H3. The smallest absolute Gasteiger partial charge is 0.249 e. The van der Waals surface area contributed by atoms with Crippen LogP contribution >= 0.6 is 11.8 Å². The zero-order chi connectivity index (χ0) is 46.6. The Hall–Kier alpha value is -7.01. The lowest BCUT2D eigenvalue weighted by Gasteiger charge is -2.42. The van der Waals surface area contributed by atoms with Gasteiger partial charge in [-0.3, -0.25) is 0 Å². The van der Waals surface area contributed by atoms with Crippen molar-refractivity contribution in [3.63, 3.8) is 0 Å². The van der Waals surface area contributed by atoms with Crippen LogP contribution in [0.3, 0.4) is 0 Å². The van der Waals surface area contributed by atoms with Crippen molar-refractivity contribution in [3.8, 4) is 39.1 Å². The molecule has 9 aromatic carbocycles. The number of anilines is 3. The molecule has 0 N–H and O–H groups in total. The lowest BCUT2D eigenvalue weighted by atomic mass is 9.34. The molecule has 12 rings (SSSR count). The lowest BCUT2D eigenvalue weighted by molar-refractivity contribution is 0.591. The molecule has 3 heterocycles. The first-order valence-corrected chi connectivity index (χ1v) is 25.9. The lowest BCUT2D eigenvalue weighted by Crippen LogP contribution is -2.60. The van der Waals surface area contributed by atoms with Crippen LogP contribution in [0.15, 0.2) is 210 Å². The van der Waals surface area contributed by atoms with Crippen LogP contribution in [-0.4, -0.2) is 11.3 Å². The van der Waals surface area contributed by atoms with Crippen LogP contribution in [0.25, 0.3) is 60.9 Å². The summed E-state index contributed by atoms with van der Waals surface area (Å²) in [6, 6.07) is 75.8. The van der Waals surface area contributed by atoms with Crippen LogP contribution in [0.5, 0.6) is 0 Å². The number of hydrogen-bond acceptors (Lipinski definition) is 2. The number of fused-ring (bicyclic) bond motifs is 7. The zero-order valence-corrected chi connectivity index (χ0v) is 41.0. The number of aromatic nitrogens is 1. The number of rotatable bonds is 11. The van der Waals surface area contributed by atoms with Crippen LogP contribution in [0.1, 0.15) is 70.9 Å². The topological polar surface area (TPSA) is 8.17 Å². The summed E-state index contributed by atoms with van der Waals surface area (Å²) in [6.07, 6.45) is 7.32. The fraction of sp³-hybridized carbons (Fsp3) is 0.169. The van der Waals surface area contributed by atoms with E-state index in [9.17, 15) is 0 Å². The van der Waals surface area contributed by atoms with Gasteiger partial charge in [-0.25, -0.2) is 0 Å². The summed E-state index contributed by atoms with van der Waals surface area (Å²) >= 11 is 1.97. The third-order valence-corrected chi connectivity index (χ3v) is 15.8. The van der Waals surface area contributed by atoms with E-state index in [0.29, 0.717) is 0 Å². The molecule has 2 aliphatic rings. The molecule has 1 aromatic heterocycles. The van der Waals surface area contributed by atoms with Gasteiger partial charge in [0.15, 0.2) is 0 Å². The van der Waals surface area contributed by atoms with E-state index >= 15 is 0 Å². The van der Waals surface area contributed by atoms with Crippen molar-refractivity contribution in [2.45, 2.75) is 81.4 Å². The molecule has 0 atom stereocenters. The van der Waals surface area contributed by atoms with Gasteiger partial charge in [0.2, 0.25) is 6.71 Å². The first kappa shape index (κ1) is 43.3. The summed E-state index contributed by atoms with van der Waals surface area (Å²) in [7, 11) is 0. The highest BCUT2D eigenvalue weighted by molar-refractivity contribution is 8.00. The van der Waals surface area contributed by atoms with E-state index in [1.807, 2.05) is 11.8 Å². The van der Waals surface area contributed by atoms with Crippen molar-refractivity contribution in [2.24, 2.45) is 0 Å². The minimum Gasteiger partial charge on any atom is -0.310 e. The highest BCUT2D eigenvalue weighted by Gasteiger charge is 2.43. The molecule has 2 nitrogen and oxygen atoms in total. The summed E-state index contributed by atoms with van der Waals surface area (Å²) in [5, 5.41) is 2.53. The van der Waals surface area contributed by atoms with Gasteiger partial charge in [-0.15, -0.1) is 0 Å². The Morgan fingerprint density at radius 1 is 0.478 bits per heavy atom. The van der Waals surface area contributed by atoms with Gasteiger partial charge in [0.25, 0.3) is 0 Å². The van der Waals surface area contributed by atoms with Crippen molar-refractivity contribution in [3.05, 3.63) is 211 Å². The van der Waals surface area contributed by atoms with Gasteiger partial charge in [0.1, 0.15) is 0 Å². The van der Waals surface area contributed by atoms with Crippen LogP contribution in [0.2, 0.25) is 0 Å². The largest absolute Gasteiger partial charge is 0.310 e. The third-order valence-electron chi connectivity index (χ3n) is 14.7. The SMILES string of the molecule is CCCCCCCc1cc2c3c(c1)N(c1c(-c4ccccc4)cc(C(C)(C)C)cc1-c1ccccc1)c1cc(-n4c5ccccc5c5ccccc54)ccc1B3c1cc(-c3ccccc3)ccc1S2. The second-order valence-corrected chi connectivity index (χ2v) is 21.3. The fourth-order valence-electron chi connectivity index (χ4n) is 11.2. The van der Waals surface area contributed by atoms with Gasteiger partial charge < -0.3 is 9.47 Å². The predicted octanol–water partition coefficient (Wildman–Crippen LogP) is 16.4. The summed E-state index contributed by atoms with van der Waals surface area (Å²) in [4.78, 5) is 5.43. The molecule has 0 unspecified atom stereocenters. The Balaban J connectivity index is 1.20. The molecule has 0 fully saturated rings. The second kappa shape index (κ2) is 17.8. The summed E-state index contributed by atoms with van der Waals surface area (Å²) in [5.74, 6) is 0. The van der Waals surface area contributed by atoms with Crippen LogP contribution < -0.4 is 21.3 Å². The first-order valence-electron chi connectivity index (χ1n) is 25.1. The molecule has 336 valence electrons. The van der Waals surface area contributed by atoms with E-state index < -0.39 is 0 Å². The second-order valence-electron chi connectivity index (χ2n) is 20.2. The third kappa shape index (κ3) is 7.70. The molecular formula is C65H57BN2S.